The fraction of sp³-hybridized carbons (Fsp3) is 0.250. The number of halogens is 2. The number of likely N-dealkylation sites (N-methyl/N-ethyl adjacent to an activating group) is 1. The van der Waals surface area contributed by atoms with Crippen LogP contribution in [0.5, 0.6) is 5.75 Å². The number of H-pyrrole nitrogens is 1. The van der Waals surface area contributed by atoms with Gasteiger partial charge in [-0.1, -0.05) is 0 Å². The average Bonchev–Trinajstić information content (AvgIpc) is 3.14. The molecule has 3 aromatic rings. The number of benzene rings is 2. The van der Waals surface area contributed by atoms with Crippen LogP contribution >= 0.6 is 0 Å². The lowest BCUT2D eigenvalue weighted by atomic mass is 10.1. The summed E-state index contributed by atoms with van der Waals surface area (Å²) < 4.78 is 27.7. The quantitative estimate of drug-likeness (QED) is 0.741. The number of aromatic hydroxyl groups is 1. The topological polar surface area (TPSA) is 55.4 Å². The Labute approximate surface area is 155 Å². The molecule has 0 spiro atoms. The predicted octanol–water partition coefficient (Wildman–Crippen LogP) is 3.48. The standard InChI is InChI=1S/C20H20F2N4O/c1-25-4-6-26(7-5-25)16-9-13(8-15(22)10-16)18-12-19(24-23-18)17-11-14(21)2-3-20(17)27/h2-3,8-12,27H,4-7H2,1H3,(H,23,24). The summed E-state index contributed by atoms with van der Waals surface area (Å²) in [4.78, 5) is 4.39. The molecule has 0 saturated carbocycles. The van der Waals surface area contributed by atoms with Gasteiger partial charge in [-0.25, -0.2) is 8.78 Å². The van der Waals surface area contributed by atoms with Crippen molar-refractivity contribution >= 4 is 5.69 Å². The van der Waals surface area contributed by atoms with Gasteiger partial charge in [-0.2, -0.15) is 5.10 Å². The number of aromatic nitrogens is 2. The molecule has 7 heteroatoms. The van der Waals surface area contributed by atoms with E-state index in [1.54, 1.807) is 6.07 Å². The maximum Gasteiger partial charge on any atom is 0.125 e. The van der Waals surface area contributed by atoms with E-state index < -0.39 is 5.82 Å². The summed E-state index contributed by atoms with van der Waals surface area (Å²) in [6.07, 6.45) is 0. The van der Waals surface area contributed by atoms with Crippen LogP contribution in [0, 0.1) is 11.6 Å². The fourth-order valence-electron chi connectivity index (χ4n) is 3.30. The monoisotopic (exact) mass is 370 g/mol. The molecule has 4 rings (SSSR count). The molecule has 5 nitrogen and oxygen atoms in total. The molecule has 0 radical (unpaired) electrons. The lowest BCUT2D eigenvalue weighted by molar-refractivity contribution is 0.313. The van der Waals surface area contributed by atoms with E-state index in [0.29, 0.717) is 17.0 Å². The van der Waals surface area contributed by atoms with Gasteiger partial charge in [0.05, 0.1) is 11.4 Å². The van der Waals surface area contributed by atoms with E-state index in [9.17, 15) is 13.9 Å². The molecular weight excluding hydrogens is 350 g/mol. The van der Waals surface area contributed by atoms with Crippen LogP contribution in [0.15, 0.2) is 42.5 Å². The molecule has 1 aliphatic rings. The molecule has 1 saturated heterocycles. The van der Waals surface area contributed by atoms with Crippen molar-refractivity contribution in [3.05, 3.63) is 54.1 Å². The molecule has 140 valence electrons. The molecule has 2 N–H and O–H groups in total. The van der Waals surface area contributed by atoms with Gasteiger partial charge in [0.2, 0.25) is 0 Å². The van der Waals surface area contributed by atoms with Crippen LogP contribution in [0.2, 0.25) is 0 Å². The van der Waals surface area contributed by atoms with Gasteiger partial charge < -0.3 is 14.9 Å². The number of hydrogen-bond donors (Lipinski definition) is 2. The average molecular weight is 370 g/mol. The van der Waals surface area contributed by atoms with Crippen LogP contribution in [-0.4, -0.2) is 53.4 Å². The molecule has 0 unspecified atom stereocenters. The van der Waals surface area contributed by atoms with E-state index in [2.05, 4.69) is 27.0 Å². The number of hydrogen-bond acceptors (Lipinski definition) is 4. The Morgan fingerprint density at radius 2 is 1.74 bits per heavy atom. The van der Waals surface area contributed by atoms with Crippen molar-refractivity contribution in [3.63, 3.8) is 0 Å². The SMILES string of the molecule is CN1CCN(c2cc(F)cc(-c3cc(-c4cc(F)ccc4O)n[nH]3)c2)CC1. The van der Waals surface area contributed by atoms with Crippen molar-refractivity contribution in [2.75, 3.05) is 38.1 Å². The molecule has 2 heterocycles. The van der Waals surface area contributed by atoms with Gasteiger partial charge in [-0.05, 0) is 49.5 Å². The fourth-order valence-corrected chi connectivity index (χ4v) is 3.30. The van der Waals surface area contributed by atoms with Crippen LogP contribution in [0.25, 0.3) is 22.5 Å². The molecule has 27 heavy (non-hydrogen) atoms. The highest BCUT2D eigenvalue weighted by atomic mass is 19.1. The van der Waals surface area contributed by atoms with Crippen LogP contribution in [0.4, 0.5) is 14.5 Å². The highest BCUT2D eigenvalue weighted by Crippen LogP contribution is 2.32. The molecule has 0 amide bonds. The summed E-state index contributed by atoms with van der Waals surface area (Å²) in [5.74, 6) is -0.853. The maximum atomic E-state index is 14.2. The Morgan fingerprint density at radius 1 is 0.963 bits per heavy atom. The van der Waals surface area contributed by atoms with Crippen molar-refractivity contribution in [1.29, 1.82) is 0 Å². The molecule has 0 atom stereocenters. The minimum Gasteiger partial charge on any atom is -0.507 e. The van der Waals surface area contributed by atoms with E-state index in [1.165, 1.54) is 30.3 Å². The van der Waals surface area contributed by atoms with Crippen molar-refractivity contribution in [2.45, 2.75) is 0 Å². The van der Waals surface area contributed by atoms with E-state index in [-0.39, 0.29) is 17.1 Å². The number of aromatic amines is 1. The van der Waals surface area contributed by atoms with E-state index >= 15 is 0 Å². The molecule has 0 aliphatic carbocycles. The van der Waals surface area contributed by atoms with E-state index in [0.717, 1.165) is 31.9 Å². The van der Waals surface area contributed by atoms with Gasteiger partial charge >= 0.3 is 0 Å². The number of phenols is 1. The maximum absolute atomic E-state index is 14.2. The minimum atomic E-state index is -0.463. The predicted molar refractivity (Wildman–Crippen MR) is 101 cm³/mol. The summed E-state index contributed by atoms with van der Waals surface area (Å²) in [6.45, 7) is 3.54. The normalized spacial score (nSPS) is 15.3. The molecule has 0 bridgehead atoms. The second-order valence-electron chi connectivity index (χ2n) is 6.82. The van der Waals surface area contributed by atoms with Gasteiger partial charge in [0.25, 0.3) is 0 Å². The van der Waals surface area contributed by atoms with Crippen LogP contribution in [0.1, 0.15) is 0 Å². The Balaban J connectivity index is 1.66. The second-order valence-corrected chi connectivity index (χ2v) is 6.82. The smallest absolute Gasteiger partial charge is 0.125 e. The first kappa shape index (κ1) is 17.5. The molecule has 2 aromatic carbocycles. The third-order valence-electron chi connectivity index (χ3n) is 4.87. The van der Waals surface area contributed by atoms with Crippen LogP contribution < -0.4 is 4.90 Å². The van der Waals surface area contributed by atoms with E-state index in [4.69, 9.17) is 0 Å². The van der Waals surface area contributed by atoms with Gasteiger partial charge in [-0.15, -0.1) is 0 Å². The Kier molecular flexibility index (Phi) is 4.53. The van der Waals surface area contributed by atoms with Gasteiger partial charge in [0.15, 0.2) is 0 Å². The summed E-state index contributed by atoms with van der Waals surface area (Å²) >= 11 is 0. The van der Waals surface area contributed by atoms with Crippen molar-refractivity contribution in [1.82, 2.24) is 15.1 Å². The van der Waals surface area contributed by atoms with Gasteiger partial charge in [0.1, 0.15) is 17.4 Å². The zero-order valence-electron chi connectivity index (χ0n) is 14.9. The highest BCUT2D eigenvalue weighted by molar-refractivity contribution is 5.73. The first-order chi connectivity index (χ1) is 13.0. The third kappa shape index (κ3) is 3.64. The molecule has 1 aliphatic heterocycles. The minimum absolute atomic E-state index is 0.0631. The van der Waals surface area contributed by atoms with Gasteiger partial charge in [-0.3, -0.25) is 5.10 Å². The number of nitrogens with one attached hydrogen (secondary N) is 1. The summed E-state index contributed by atoms with van der Waals surface area (Å²) in [7, 11) is 2.07. The Bertz CT molecular complexity index is 964. The molecule has 1 aromatic heterocycles. The number of phenolic OH excluding ortho intramolecular Hbond substituents is 1. The second kappa shape index (κ2) is 7.00. The lowest BCUT2D eigenvalue weighted by Crippen LogP contribution is -2.44. The van der Waals surface area contributed by atoms with Gasteiger partial charge in [0, 0.05) is 43.0 Å². The van der Waals surface area contributed by atoms with Crippen molar-refractivity contribution in [3.8, 4) is 28.3 Å². The summed E-state index contributed by atoms with van der Waals surface area (Å²) in [5.41, 5.74) is 2.76. The van der Waals surface area contributed by atoms with Crippen LogP contribution in [-0.2, 0) is 0 Å². The number of anilines is 1. The summed E-state index contributed by atoms with van der Waals surface area (Å²) in [5, 5.41) is 17.0. The lowest BCUT2D eigenvalue weighted by Gasteiger charge is -2.34. The third-order valence-corrected chi connectivity index (χ3v) is 4.87. The zero-order chi connectivity index (χ0) is 19.0. The first-order valence-corrected chi connectivity index (χ1v) is 8.78. The van der Waals surface area contributed by atoms with Crippen LogP contribution in [0.3, 0.4) is 0 Å². The highest BCUT2D eigenvalue weighted by Gasteiger charge is 2.17. The summed E-state index contributed by atoms with van der Waals surface area (Å²) in [6, 6.07) is 10.2. The molecule has 1 fully saturated rings. The Morgan fingerprint density at radius 3 is 2.52 bits per heavy atom. The molecular formula is C20H20F2N4O. The number of nitrogens with zero attached hydrogens (tertiary/aromatic N) is 3. The Hall–Kier alpha value is -2.93. The van der Waals surface area contributed by atoms with Crippen molar-refractivity contribution in [2.24, 2.45) is 0 Å². The largest absolute Gasteiger partial charge is 0.507 e. The van der Waals surface area contributed by atoms with Crippen molar-refractivity contribution < 1.29 is 13.9 Å². The van der Waals surface area contributed by atoms with E-state index in [1.807, 2.05) is 6.07 Å². The number of piperazine rings is 1. The first-order valence-electron chi connectivity index (χ1n) is 8.78. The zero-order valence-corrected chi connectivity index (χ0v) is 14.9. The number of rotatable bonds is 3.